The molecule has 0 aliphatic rings. The van der Waals surface area contributed by atoms with Crippen LogP contribution in [0.5, 0.6) is 5.75 Å². The summed E-state index contributed by atoms with van der Waals surface area (Å²) in [7, 11) is 1.35. The Balaban J connectivity index is 2.35. The molecule has 0 aliphatic heterocycles. The molecule has 0 heterocycles. The van der Waals surface area contributed by atoms with Gasteiger partial charge >= 0.3 is 0 Å². The molecule has 7 nitrogen and oxygen atoms in total. The van der Waals surface area contributed by atoms with Gasteiger partial charge in [-0.1, -0.05) is 29.3 Å². The molecular weight excluding hydrogens is 381 g/mol. The van der Waals surface area contributed by atoms with Crippen LogP contribution in [0.3, 0.4) is 0 Å². The minimum atomic E-state index is -0.766. The van der Waals surface area contributed by atoms with Gasteiger partial charge in [-0.25, -0.2) is 0 Å². The van der Waals surface area contributed by atoms with Crippen molar-refractivity contribution in [1.29, 1.82) is 5.26 Å². The number of hydrogen-bond acceptors (Lipinski definition) is 5. The lowest BCUT2D eigenvalue weighted by Gasteiger charge is -2.09. The van der Waals surface area contributed by atoms with Gasteiger partial charge in [-0.05, 0) is 29.8 Å². The highest BCUT2D eigenvalue weighted by atomic mass is 35.5. The lowest BCUT2D eigenvalue weighted by atomic mass is 10.1. The van der Waals surface area contributed by atoms with E-state index in [1.54, 1.807) is 18.2 Å². The summed E-state index contributed by atoms with van der Waals surface area (Å²) in [5, 5.41) is 23.3. The second-order valence-electron chi connectivity index (χ2n) is 4.93. The number of carbonyl (C=O) groups is 1. The van der Waals surface area contributed by atoms with Crippen LogP contribution in [0, 0.1) is 21.4 Å². The number of carbonyl (C=O) groups excluding carboxylic acids is 1. The third kappa shape index (κ3) is 4.51. The molecule has 1 N–H and O–H groups in total. The van der Waals surface area contributed by atoms with Crippen molar-refractivity contribution in [3.8, 4) is 11.8 Å². The van der Waals surface area contributed by atoms with Gasteiger partial charge < -0.3 is 10.1 Å². The van der Waals surface area contributed by atoms with Crippen LogP contribution in [0.15, 0.2) is 42.0 Å². The number of anilines is 1. The molecular formula is C17H11Cl2N3O4. The van der Waals surface area contributed by atoms with E-state index in [0.717, 1.165) is 6.07 Å². The average Bonchev–Trinajstić information content (AvgIpc) is 2.60. The summed E-state index contributed by atoms with van der Waals surface area (Å²) in [6.07, 6.45) is 1.29. The first-order valence-corrected chi connectivity index (χ1v) is 7.82. The number of benzene rings is 2. The minimum Gasteiger partial charge on any atom is -0.495 e. The third-order valence-corrected chi connectivity index (χ3v) is 3.83. The molecule has 2 aromatic carbocycles. The predicted molar refractivity (Wildman–Crippen MR) is 98.3 cm³/mol. The highest BCUT2D eigenvalue weighted by Gasteiger charge is 2.16. The number of hydrogen-bond donors (Lipinski definition) is 1. The van der Waals surface area contributed by atoms with Gasteiger partial charge in [0.2, 0.25) is 0 Å². The fourth-order valence-corrected chi connectivity index (χ4v) is 2.48. The summed E-state index contributed by atoms with van der Waals surface area (Å²) in [5.74, 6) is -0.553. The lowest BCUT2D eigenvalue weighted by molar-refractivity contribution is -0.384. The van der Waals surface area contributed by atoms with Crippen LogP contribution in [0.4, 0.5) is 11.4 Å². The summed E-state index contributed by atoms with van der Waals surface area (Å²) in [5.41, 5.74) is 0.0101. The summed E-state index contributed by atoms with van der Waals surface area (Å²) in [6.45, 7) is 0. The number of nitro benzene ring substituents is 1. The maximum atomic E-state index is 12.4. The van der Waals surface area contributed by atoms with Gasteiger partial charge in [0.15, 0.2) is 0 Å². The van der Waals surface area contributed by atoms with Crippen molar-refractivity contribution in [2.45, 2.75) is 0 Å². The largest absolute Gasteiger partial charge is 0.495 e. The number of halogens is 2. The SMILES string of the molecule is COc1ccc([N+](=O)[O-])cc1NC(=O)/C(C#N)=C/c1ccc(Cl)cc1Cl. The summed E-state index contributed by atoms with van der Waals surface area (Å²) >= 11 is 11.8. The second kappa shape index (κ2) is 8.34. The van der Waals surface area contributed by atoms with Crippen molar-refractivity contribution in [3.63, 3.8) is 0 Å². The van der Waals surface area contributed by atoms with Crippen LogP contribution in [0.2, 0.25) is 10.0 Å². The summed E-state index contributed by atoms with van der Waals surface area (Å²) < 4.78 is 5.07. The van der Waals surface area contributed by atoms with Crippen LogP contribution in [-0.2, 0) is 4.79 Å². The summed E-state index contributed by atoms with van der Waals surface area (Å²) in [6, 6.07) is 10.1. The number of rotatable bonds is 5. The maximum Gasteiger partial charge on any atom is 0.271 e. The van der Waals surface area contributed by atoms with Crippen LogP contribution in [-0.4, -0.2) is 17.9 Å². The van der Waals surface area contributed by atoms with Gasteiger partial charge in [-0.2, -0.15) is 5.26 Å². The van der Waals surface area contributed by atoms with Gasteiger partial charge in [0, 0.05) is 22.2 Å². The van der Waals surface area contributed by atoms with E-state index in [1.807, 2.05) is 0 Å². The number of nitro groups is 1. The van der Waals surface area contributed by atoms with Crippen molar-refractivity contribution in [2.75, 3.05) is 12.4 Å². The lowest BCUT2D eigenvalue weighted by Crippen LogP contribution is -2.14. The van der Waals surface area contributed by atoms with E-state index in [4.69, 9.17) is 27.9 Å². The Morgan fingerprint density at radius 3 is 2.62 bits per heavy atom. The highest BCUT2D eigenvalue weighted by Crippen LogP contribution is 2.29. The normalized spacial score (nSPS) is 10.8. The zero-order valence-corrected chi connectivity index (χ0v) is 14.8. The molecule has 0 saturated carbocycles. The van der Waals surface area contributed by atoms with Crippen LogP contribution >= 0.6 is 23.2 Å². The van der Waals surface area contributed by atoms with E-state index in [-0.39, 0.29) is 27.7 Å². The van der Waals surface area contributed by atoms with Crippen molar-refractivity contribution >= 4 is 46.6 Å². The fraction of sp³-hybridized carbons (Fsp3) is 0.0588. The average molecular weight is 392 g/mol. The number of nitrogens with zero attached hydrogens (tertiary/aromatic N) is 2. The van der Waals surface area contributed by atoms with Gasteiger partial charge in [-0.15, -0.1) is 0 Å². The molecule has 9 heteroatoms. The van der Waals surface area contributed by atoms with Crippen molar-refractivity contribution in [3.05, 3.63) is 67.7 Å². The van der Waals surface area contributed by atoms with E-state index < -0.39 is 10.8 Å². The first kappa shape index (κ1) is 19.2. The van der Waals surface area contributed by atoms with Gasteiger partial charge in [-0.3, -0.25) is 14.9 Å². The summed E-state index contributed by atoms with van der Waals surface area (Å²) in [4.78, 5) is 22.7. The van der Waals surface area contributed by atoms with Crippen molar-refractivity contribution in [2.24, 2.45) is 0 Å². The fourth-order valence-electron chi connectivity index (χ4n) is 2.02. The zero-order chi connectivity index (χ0) is 19.3. The van der Waals surface area contributed by atoms with E-state index in [0.29, 0.717) is 10.6 Å². The first-order valence-electron chi connectivity index (χ1n) is 7.06. The molecule has 0 spiro atoms. The standard InChI is InChI=1S/C17H11Cl2N3O4/c1-26-16-5-4-13(22(24)25)8-15(16)21-17(23)11(9-20)6-10-2-3-12(18)7-14(10)19/h2-8H,1H3,(H,21,23)/b11-6+. The molecule has 0 radical (unpaired) electrons. The molecule has 0 atom stereocenters. The molecule has 1 amide bonds. The number of nitriles is 1. The molecule has 0 saturated heterocycles. The maximum absolute atomic E-state index is 12.4. The molecule has 0 unspecified atom stereocenters. The van der Waals surface area contributed by atoms with Gasteiger partial charge in [0.1, 0.15) is 17.4 Å². The molecule has 0 fully saturated rings. The molecule has 0 bridgehead atoms. The number of methoxy groups -OCH3 is 1. The Bertz CT molecular complexity index is 952. The Labute approximate surface area is 158 Å². The van der Waals surface area contributed by atoms with Gasteiger partial charge in [0.05, 0.1) is 17.7 Å². The van der Waals surface area contributed by atoms with E-state index in [2.05, 4.69) is 5.32 Å². The van der Waals surface area contributed by atoms with Crippen LogP contribution < -0.4 is 10.1 Å². The molecule has 132 valence electrons. The predicted octanol–water partition coefficient (Wildman–Crippen LogP) is 4.46. The number of non-ortho nitro benzene ring substituents is 1. The molecule has 26 heavy (non-hydrogen) atoms. The van der Waals surface area contributed by atoms with E-state index in [9.17, 15) is 20.2 Å². The topological polar surface area (TPSA) is 105 Å². The third-order valence-electron chi connectivity index (χ3n) is 3.27. The molecule has 2 aromatic rings. The number of amides is 1. The minimum absolute atomic E-state index is 0.0649. The molecule has 0 aliphatic carbocycles. The van der Waals surface area contributed by atoms with Crippen LogP contribution in [0.25, 0.3) is 6.08 Å². The Kier molecular flexibility index (Phi) is 6.17. The smallest absolute Gasteiger partial charge is 0.271 e. The number of ether oxygens (including phenoxy) is 1. The molecule has 2 rings (SSSR count). The Morgan fingerprint density at radius 2 is 2.04 bits per heavy atom. The van der Waals surface area contributed by atoms with Crippen LogP contribution in [0.1, 0.15) is 5.56 Å². The quantitative estimate of drug-likeness (QED) is 0.350. The van der Waals surface area contributed by atoms with Crippen molar-refractivity contribution in [1.82, 2.24) is 0 Å². The van der Waals surface area contributed by atoms with E-state index in [1.165, 1.54) is 31.4 Å². The second-order valence-corrected chi connectivity index (χ2v) is 5.78. The monoisotopic (exact) mass is 391 g/mol. The number of nitrogens with one attached hydrogen (secondary N) is 1. The Hall–Kier alpha value is -3.08. The van der Waals surface area contributed by atoms with Gasteiger partial charge in [0.25, 0.3) is 11.6 Å². The molecule has 0 aromatic heterocycles. The van der Waals surface area contributed by atoms with E-state index >= 15 is 0 Å². The van der Waals surface area contributed by atoms with Crippen molar-refractivity contribution < 1.29 is 14.5 Å². The Morgan fingerprint density at radius 1 is 1.31 bits per heavy atom. The highest BCUT2D eigenvalue weighted by molar-refractivity contribution is 6.35. The first-order chi connectivity index (χ1) is 12.3. The zero-order valence-electron chi connectivity index (χ0n) is 13.3.